The molecule has 0 aromatic heterocycles. The molecule has 5 heteroatoms. The van der Waals surface area contributed by atoms with Gasteiger partial charge in [-0.2, -0.15) is 0 Å². The van der Waals surface area contributed by atoms with Crippen LogP contribution < -0.4 is 5.32 Å². The molecular weight excluding hydrogens is 530 g/mol. The van der Waals surface area contributed by atoms with E-state index in [1.54, 1.807) is 0 Å². The summed E-state index contributed by atoms with van der Waals surface area (Å²) in [5.74, 6) is 0.939. The van der Waals surface area contributed by atoms with Crippen molar-refractivity contribution in [3.05, 3.63) is 125 Å². The van der Waals surface area contributed by atoms with Crippen molar-refractivity contribution < 1.29 is 9.66 Å². The second-order valence-corrected chi connectivity index (χ2v) is 12.6. The Balaban J connectivity index is 1.19. The Hall–Kier alpha value is -3.99. The largest absolute Gasteiger partial charge is 0.352 e. The first-order chi connectivity index (χ1) is 21.1. The van der Waals surface area contributed by atoms with Gasteiger partial charge in [0.15, 0.2) is 0 Å². The van der Waals surface area contributed by atoms with Crippen LogP contribution in [-0.2, 0) is 0 Å². The van der Waals surface area contributed by atoms with E-state index in [1.807, 2.05) is 36.4 Å². The standard InChI is InChI=1S/C38H43N3O2/c42-38(35-21-20-31-14-10-11-19-34(31)26-35)39-27-30-22-23-40(41(43)36(25-30)24-29-12-4-1-5-13-29)28-37(32-15-6-2-7-16-32)33-17-8-3-9-18-33/h2-3,6-11,14-21,26,29-30,36-37H,1,4-5,12-13,22-25,27-28H2/p+1/t30-,36-/m0/s1. The molecule has 5 nitrogen and oxygen atoms in total. The number of hydrogen-bond donors (Lipinski definition) is 1. The lowest BCUT2D eigenvalue weighted by Gasteiger charge is -2.26. The summed E-state index contributed by atoms with van der Waals surface area (Å²) in [6.07, 6.45) is 8.95. The summed E-state index contributed by atoms with van der Waals surface area (Å²) in [6.45, 7) is 1.93. The number of rotatable bonds is 9. The summed E-state index contributed by atoms with van der Waals surface area (Å²) in [5.41, 5.74) is 3.15. The van der Waals surface area contributed by atoms with E-state index in [0.717, 1.165) is 30.0 Å². The highest BCUT2D eigenvalue weighted by molar-refractivity contribution is 5.98. The van der Waals surface area contributed by atoms with Crippen molar-refractivity contribution in [1.29, 1.82) is 0 Å². The van der Waals surface area contributed by atoms with Gasteiger partial charge in [0.05, 0.1) is 18.0 Å². The van der Waals surface area contributed by atoms with Gasteiger partial charge in [0, 0.05) is 30.9 Å². The molecule has 2 aliphatic rings. The summed E-state index contributed by atoms with van der Waals surface area (Å²) in [5, 5.41) is 7.51. The number of fused-ring (bicyclic) bond motifs is 1. The van der Waals surface area contributed by atoms with Crippen molar-refractivity contribution in [3.63, 3.8) is 0 Å². The van der Waals surface area contributed by atoms with E-state index in [2.05, 4.69) is 77.1 Å². The number of nitroso groups, excluding NO2 is 1. The highest BCUT2D eigenvalue weighted by Crippen LogP contribution is 2.33. The lowest BCUT2D eigenvalue weighted by atomic mass is 9.83. The fourth-order valence-electron chi connectivity index (χ4n) is 7.26. The number of hydrogen-bond acceptors (Lipinski definition) is 2. The highest BCUT2D eigenvalue weighted by atomic mass is 16.3. The molecular formula is C38H44N3O2+. The molecule has 43 heavy (non-hydrogen) atoms. The fraction of sp³-hybridized carbons (Fsp3) is 0.395. The molecule has 6 rings (SSSR count). The van der Waals surface area contributed by atoms with Crippen LogP contribution in [0.5, 0.6) is 0 Å². The Kier molecular flexibility index (Phi) is 9.47. The van der Waals surface area contributed by atoms with Crippen molar-refractivity contribution in [2.45, 2.75) is 63.3 Å². The average molecular weight is 575 g/mol. The van der Waals surface area contributed by atoms with E-state index in [4.69, 9.17) is 0 Å². The third-order valence-corrected chi connectivity index (χ3v) is 9.68. The average Bonchev–Trinajstić information content (AvgIpc) is 3.21. The summed E-state index contributed by atoms with van der Waals surface area (Å²) < 4.78 is 0. The van der Waals surface area contributed by atoms with E-state index < -0.39 is 0 Å². The van der Waals surface area contributed by atoms with E-state index in [-0.39, 0.29) is 23.8 Å². The molecule has 1 aliphatic carbocycles. The first kappa shape index (κ1) is 29.1. The lowest BCUT2D eigenvalue weighted by Crippen LogP contribution is -2.42. The van der Waals surface area contributed by atoms with Crippen LogP contribution in [0.25, 0.3) is 10.8 Å². The van der Waals surface area contributed by atoms with Gasteiger partial charge in [-0.3, -0.25) is 4.79 Å². The van der Waals surface area contributed by atoms with Gasteiger partial charge in [-0.1, -0.05) is 123 Å². The van der Waals surface area contributed by atoms with Crippen LogP contribution in [0.4, 0.5) is 0 Å². The van der Waals surface area contributed by atoms with Crippen molar-refractivity contribution in [2.75, 3.05) is 19.6 Å². The van der Waals surface area contributed by atoms with Crippen molar-refractivity contribution >= 4 is 16.7 Å². The molecule has 0 spiro atoms. The summed E-state index contributed by atoms with van der Waals surface area (Å²) in [4.78, 5) is 28.8. The number of benzene rings is 4. The third kappa shape index (κ3) is 7.33. The Bertz CT molecular complexity index is 1460. The van der Waals surface area contributed by atoms with Gasteiger partial charge in [0.1, 0.15) is 4.87 Å². The quantitative estimate of drug-likeness (QED) is 0.205. The monoisotopic (exact) mass is 574 g/mol. The van der Waals surface area contributed by atoms with Crippen molar-refractivity contribution in [1.82, 2.24) is 10.3 Å². The minimum Gasteiger partial charge on any atom is -0.352 e. The Morgan fingerprint density at radius 2 is 1.42 bits per heavy atom. The molecule has 1 N–H and O–H groups in total. The van der Waals surface area contributed by atoms with Crippen molar-refractivity contribution in [3.8, 4) is 0 Å². The molecule has 4 aromatic rings. The molecule has 0 unspecified atom stereocenters. The van der Waals surface area contributed by atoms with Gasteiger partial charge in [-0.15, -0.1) is 5.01 Å². The maximum absolute atomic E-state index is 14.2. The van der Waals surface area contributed by atoms with Gasteiger partial charge in [0.2, 0.25) is 6.04 Å². The number of carbonyl (C=O) groups excluding carboxylic acids is 1. The molecule has 1 heterocycles. The van der Waals surface area contributed by atoms with Gasteiger partial charge >= 0.3 is 0 Å². The molecule has 4 aromatic carbocycles. The number of amides is 1. The second-order valence-electron chi connectivity index (χ2n) is 12.6. The molecule has 2 fully saturated rings. The molecule has 1 saturated heterocycles. The maximum Gasteiger partial charge on any atom is 0.251 e. The normalized spacial score (nSPS) is 19.8. The number of carbonyl (C=O) groups is 1. The topological polar surface area (TPSA) is 52.4 Å². The second kappa shape index (κ2) is 14.0. The molecule has 0 bridgehead atoms. The van der Waals surface area contributed by atoms with Crippen LogP contribution in [0.2, 0.25) is 0 Å². The predicted octanol–water partition coefficient (Wildman–Crippen LogP) is 8.15. The van der Waals surface area contributed by atoms with E-state index >= 15 is 0 Å². The lowest BCUT2D eigenvalue weighted by molar-refractivity contribution is -0.734. The third-order valence-electron chi connectivity index (χ3n) is 9.68. The molecule has 1 amide bonds. The van der Waals surface area contributed by atoms with Crippen molar-refractivity contribution in [2.24, 2.45) is 11.8 Å². The smallest absolute Gasteiger partial charge is 0.251 e. The SMILES string of the molecule is O=C(NC[C@H]1CCN(CC(c2ccccc2)c2ccccc2)[N+](=O)[C@@H](CC2CCCCC2)C1)c1ccc2ccccc2c1. The highest BCUT2D eigenvalue weighted by Gasteiger charge is 2.40. The predicted molar refractivity (Wildman–Crippen MR) is 174 cm³/mol. The zero-order valence-corrected chi connectivity index (χ0v) is 25.1. The Morgan fingerprint density at radius 1 is 0.767 bits per heavy atom. The van der Waals surface area contributed by atoms with E-state index in [9.17, 15) is 9.70 Å². The molecule has 222 valence electrons. The minimum atomic E-state index is -0.0691. The van der Waals surface area contributed by atoms with Gasteiger partial charge in [-0.05, 0) is 52.3 Å². The van der Waals surface area contributed by atoms with Gasteiger partial charge < -0.3 is 5.32 Å². The Morgan fingerprint density at radius 3 is 2.12 bits per heavy atom. The van der Waals surface area contributed by atoms with Crippen LogP contribution >= 0.6 is 0 Å². The number of nitrogens with zero attached hydrogens (tertiary/aromatic N) is 2. The van der Waals surface area contributed by atoms with Crippen LogP contribution in [0.3, 0.4) is 0 Å². The maximum atomic E-state index is 14.2. The fourth-order valence-corrected chi connectivity index (χ4v) is 7.26. The van der Waals surface area contributed by atoms with Crippen LogP contribution in [0.15, 0.2) is 103 Å². The Labute approximate surface area is 255 Å². The number of nitrogens with one attached hydrogen (secondary N) is 1. The molecule has 1 saturated carbocycles. The van der Waals surface area contributed by atoms with Crippen LogP contribution in [0, 0.1) is 16.7 Å². The van der Waals surface area contributed by atoms with E-state index in [1.165, 1.54) is 48.1 Å². The minimum absolute atomic E-state index is 0.0390. The first-order valence-electron chi connectivity index (χ1n) is 16.2. The number of hydrazine groups is 1. The zero-order valence-electron chi connectivity index (χ0n) is 25.1. The van der Waals surface area contributed by atoms with Gasteiger partial charge in [0.25, 0.3) is 5.91 Å². The summed E-state index contributed by atoms with van der Waals surface area (Å²) >= 11 is 0. The zero-order chi connectivity index (χ0) is 29.4. The first-order valence-corrected chi connectivity index (χ1v) is 16.2. The van der Waals surface area contributed by atoms with E-state index in [0.29, 0.717) is 31.1 Å². The molecule has 0 radical (unpaired) electrons. The summed E-state index contributed by atoms with van der Waals surface area (Å²) in [7, 11) is 0. The van der Waals surface area contributed by atoms with Gasteiger partial charge in [-0.25, -0.2) is 0 Å². The van der Waals surface area contributed by atoms with Crippen LogP contribution in [0.1, 0.15) is 78.8 Å². The van der Waals surface area contributed by atoms with Crippen LogP contribution in [-0.4, -0.2) is 41.5 Å². The molecule has 2 atom stereocenters. The summed E-state index contributed by atoms with van der Waals surface area (Å²) in [6, 6.07) is 35.1. The molecule has 1 aliphatic heterocycles.